The Balaban J connectivity index is 0.000000587. The van der Waals surface area contributed by atoms with Crippen molar-refractivity contribution in [3.8, 4) is 11.3 Å². The first kappa shape index (κ1) is 30.2. The molecule has 0 amide bonds. The molecule has 35 heavy (non-hydrogen) atoms. The molecule has 0 bridgehead atoms. The number of benzene rings is 1. The first-order valence-electron chi connectivity index (χ1n) is 12.5. The summed E-state index contributed by atoms with van der Waals surface area (Å²) in [7, 11) is 1.70. The SMILES string of the molecule is C/C=C/C(C)OC.C=C(CC(C)C=N)c1ccccc1-c1cc(=O)n(C2CCOCC2)cn1.CC. The Bertz CT molecular complexity index is 991. The van der Waals surface area contributed by atoms with Crippen LogP contribution in [0.2, 0.25) is 0 Å². The molecule has 0 spiro atoms. The van der Waals surface area contributed by atoms with Crippen molar-refractivity contribution in [1.82, 2.24) is 9.55 Å². The number of hydrogen-bond acceptors (Lipinski definition) is 5. The van der Waals surface area contributed by atoms with E-state index in [0.29, 0.717) is 25.3 Å². The van der Waals surface area contributed by atoms with Gasteiger partial charge in [-0.05, 0) is 56.4 Å². The molecule has 1 N–H and O–H groups in total. The standard InChI is InChI=1S/C21H25N3O2.C6H12O.C2H6/c1-15(13-22)11-16(2)18-5-3-4-6-19(18)20-12-21(25)24(14-23-20)17-7-9-26-10-8-17;1-4-5-6(2)7-3;1-2/h3-6,12-15,17,22H,2,7-11H2,1H3;4-6H,1-3H3;1-2H3/b;5-4+;. The van der Waals surface area contributed by atoms with E-state index in [0.717, 1.165) is 29.5 Å². The summed E-state index contributed by atoms with van der Waals surface area (Å²) in [6.45, 7) is 15.5. The lowest BCUT2D eigenvalue weighted by Crippen LogP contribution is -2.29. The second kappa shape index (κ2) is 16.7. The third kappa shape index (κ3) is 9.74. The summed E-state index contributed by atoms with van der Waals surface area (Å²) in [6, 6.07) is 9.65. The fourth-order valence-corrected chi connectivity index (χ4v) is 3.72. The maximum Gasteiger partial charge on any atom is 0.254 e. The van der Waals surface area contributed by atoms with Crippen molar-refractivity contribution in [2.75, 3.05) is 20.3 Å². The highest BCUT2D eigenvalue weighted by Gasteiger charge is 2.18. The molecule has 3 rings (SSSR count). The van der Waals surface area contributed by atoms with Crippen LogP contribution in [0, 0.1) is 11.3 Å². The largest absolute Gasteiger partial charge is 0.381 e. The first-order valence-corrected chi connectivity index (χ1v) is 12.5. The monoisotopic (exact) mass is 481 g/mol. The number of allylic oxidation sites excluding steroid dienone is 2. The molecule has 1 aromatic heterocycles. The predicted octanol–water partition coefficient (Wildman–Crippen LogP) is 6.57. The van der Waals surface area contributed by atoms with E-state index in [9.17, 15) is 4.79 Å². The van der Waals surface area contributed by atoms with E-state index in [1.807, 2.05) is 71.0 Å². The first-order chi connectivity index (χ1) is 16.9. The summed E-state index contributed by atoms with van der Waals surface area (Å²) in [5.41, 5.74) is 3.47. The Morgan fingerprint density at radius 1 is 1.29 bits per heavy atom. The molecule has 2 aromatic rings. The van der Waals surface area contributed by atoms with Crippen LogP contribution in [-0.2, 0) is 9.47 Å². The van der Waals surface area contributed by atoms with Crippen molar-refractivity contribution in [2.45, 2.75) is 66.0 Å². The lowest BCUT2D eigenvalue weighted by atomic mass is 9.92. The second-order valence-electron chi connectivity index (χ2n) is 8.33. The maximum atomic E-state index is 12.6. The Morgan fingerprint density at radius 3 is 2.49 bits per heavy atom. The zero-order valence-corrected chi connectivity index (χ0v) is 22.3. The Morgan fingerprint density at radius 2 is 1.94 bits per heavy atom. The molecule has 2 unspecified atom stereocenters. The third-order valence-corrected chi connectivity index (χ3v) is 5.69. The fourth-order valence-electron chi connectivity index (χ4n) is 3.72. The molecule has 0 saturated carbocycles. The number of hydrogen-bond donors (Lipinski definition) is 1. The fraction of sp³-hybridized carbons (Fsp3) is 0.483. The number of ether oxygens (including phenoxy) is 2. The van der Waals surface area contributed by atoms with Gasteiger partial charge in [-0.15, -0.1) is 0 Å². The molecule has 2 heterocycles. The lowest BCUT2D eigenvalue weighted by Gasteiger charge is -2.24. The molecule has 1 aromatic carbocycles. The second-order valence-corrected chi connectivity index (χ2v) is 8.33. The van der Waals surface area contributed by atoms with E-state index in [-0.39, 0.29) is 23.6 Å². The van der Waals surface area contributed by atoms with Gasteiger partial charge >= 0.3 is 0 Å². The Hall–Kier alpha value is -2.83. The van der Waals surface area contributed by atoms with Gasteiger partial charge in [0.1, 0.15) is 0 Å². The van der Waals surface area contributed by atoms with Gasteiger partial charge < -0.3 is 14.9 Å². The highest BCUT2D eigenvalue weighted by atomic mass is 16.5. The van der Waals surface area contributed by atoms with Crippen molar-refractivity contribution in [3.05, 3.63) is 71.3 Å². The topological polar surface area (TPSA) is 77.2 Å². The third-order valence-electron chi connectivity index (χ3n) is 5.69. The molecular formula is C29H43N3O3. The maximum absolute atomic E-state index is 12.6. The van der Waals surface area contributed by atoms with Crippen LogP contribution in [0.15, 0.2) is 60.2 Å². The Labute approximate surface area is 211 Å². The quantitative estimate of drug-likeness (QED) is 0.341. The summed E-state index contributed by atoms with van der Waals surface area (Å²) in [6.07, 6.45) is 9.73. The van der Waals surface area contributed by atoms with Crippen LogP contribution < -0.4 is 5.56 Å². The van der Waals surface area contributed by atoms with Crippen molar-refractivity contribution >= 4 is 11.8 Å². The molecule has 192 valence electrons. The minimum Gasteiger partial charge on any atom is -0.381 e. The van der Waals surface area contributed by atoms with E-state index in [2.05, 4.69) is 11.6 Å². The lowest BCUT2D eigenvalue weighted by molar-refractivity contribution is 0.0684. The van der Waals surface area contributed by atoms with Gasteiger partial charge in [-0.3, -0.25) is 9.36 Å². The van der Waals surface area contributed by atoms with E-state index in [4.69, 9.17) is 14.9 Å². The minimum absolute atomic E-state index is 0.0322. The van der Waals surface area contributed by atoms with Crippen molar-refractivity contribution in [1.29, 1.82) is 5.41 Å². The minimum atomic E-state index is -0.0322. The average Bonchev–Trinajstić information content (AvgIpc) is 2.90. The molecule has 2 atom stereocenters. The highest BCUT2D eigenvalue weighted by Crippen LogP contribution is 2.29. The Kier molecular flexibility index (Phi) is 14.4. The van der Waals surface area contributed by atoms with Gasteiger partial charge in [0.05, 0.1) is 18.1 Å². The van der Waals surface area contributed by atoms with Crippen molar-refractivity contribution in [2.24, 2.45) is 5.92 Å². The van der Waals surface area contributed by atoms with Crippen LogP contribution in [0.3, 0.4) is 0 Å². The van der Waals surface area contributed by atoms with E-state index >= 15 is 0 Å². The summed E-state index contributed by atoms with van der Waals surface area (Å²) in [5, 5.41) is 7.40. The number of nitrogens with zero attached hydrogens (tertiary/aromatic N) is 2. The normalized spacial score (nSPS) is 15.3. The molecule has 1 aliphatic rings. The summed E-state index contributed by atoms with van der Waals surface area (Å²) >= 11 is 0. The smallest absolute Gasteiger partial charge is 0.254 e. The zero-order valence-electron chi connectivity index (χ0n) is 22.3. The highest BCUT2D eigenvalue weighted by molar-refractivity contribution is 5.80. The molecule has 6 heteroatoms. The average molecular weight is 482 g/mol. The molecule has 1 aliphatic heterocycles. The number of methoxy groups -OCH3 is 1. The molecule has 1 saturated heterocycles. The summed E-state index contributed by atoms with van der Waals surface area (Å²) < 4.78 is 12.0. The van der Waals surface area contributed by atoms with Crippen molar-refractivity contribution < 1.29 is 9.47 Å². The van der Waals surface area contributed by atoms with Gasteiger partial charge in [0, 0.05) is 38.0 Å². The molecule has 6 nitrogen and oxygen atoms in total. The van der Waals surface area contributed by atoms with Gasteiger partial charge in [0.25, 0.3) is 5.56 Å². The van der Waals surface area contributed by atoms with E-state index < -0.39 is 0 Å². The van der Waals surface area contributed by atoms with Crippen LogP contribution >= 0.6 is 0 Å². The summed E-state index contributed by atoms with van der Waals surface area (Å²) in [4.78, 5) is 17.2. The van der Waals surface area contributed by atoms with Gasteiger partial charge in [-0.25, -0.2) is 4.98 Å². The number of rotatable bonds is 8. The van der Waals surface area contributed by atoms with Gasteiger partial charge in [-0.1, -0.05) is 63.8 Å². The molecule has 1 fully saturated rings. The zero-order chi connectivity index (χ0) is 26.2. The molecule has 0 radical (unpaired) electrons. The number of nitrogens with one attached hydrogen (secondary N) is 1. The van der Waals surface area contributed by atoms with Crippen molar-refractivity contribution in [3.63, 3.8) is 0 Å². The van der Waals surface area contributed by atoms with Crippen LogP contribution in [0.1, 0.15) is 65.5 Å². The number of aromatic nitrogens is 2. The van der Waals surface area contributed by atoms with Crippen LogP contribution in [0.25, 0.3) is 16.8 Å². The van der Waals surface area contributed by atoms with Crippen LogP contribution in [0.4, 0.5) is 0 Å². The molecule has 0 aliphatic carbocycles. The van der Waals surface area contributed by atoms with Gasteiger partial charge in [-0.2, -0.15) is 0 Å². The van der Waals surface area contributed by atoms with Gasteiger partial charge in [0.15, 0.2) is 0 Å². The van der Waals surface area contributed by atoms with E-state index in [1.165, 1.54) is 6.21 Å². The van der Waals surface area contributed by atoms with E-state index in [1.54, 1.807) is 24.1 Å². The van der Waals surface area contributed by atoms with Crippen LogP contribution in [-0.4, -0.2) is 42.2 Å². The molecular weight excluding hydrogens is 438 g/mol. The van der Waals surface area contributed by atoms with Gasteiger partial charge in [0.2, 0.25) is 0 Å². The van der Waals surface area contributed by atoms with Crippen LogP contribution in [0.5, 0.6) is 0 Å². The predicted molar refractivity (Wildman–Crippen MR) is 147 cm³/mol. The summed E-state index contributed by atoms with van der Waals surface area (Å²) in [5.74, 6) is 0.130.